The molecule has 0 saturated carbocycles. The zero-order valence-corrected chi connectivity index (χ0v) is 34.8. The smallest absolute Gasteiger partial charge is 0.418 e. The summed E-state index contributed by atoms with van der Waals surface area (Å²) in [5, 5.41) is 10.5. The van der Waals surface area contributed by atoms with Crippen molar-refractivity contribution in [2.45, 2.75) is 117 Å². The van der Waals surface area contributed by atoms with E-state index in [-0.39, 0.29) is 18.2 Å². The molecule has 0 N–H and O–H groups in total. The molecule has 3 heterocycles. The number of hydrogen-bond donors (Lipinski definition) is 0. The Kier molecular flexibility index (Phi) is 11.3. The molecule has 50 heavy (non-hydrogen) atoms. The van der Waals surface area contributed by atoms with Gasteiger partial charge in [0.1, 0.15) is 29.7 Å². The minimum Gasteiger partial charge on any atom is -0.443 e. The van der Waals surface area contributed by atoms with Gasteiger partial charge in [-0.1, -0.05) is 52.3 Å². The van der Waals surface area contributed by atoms with E-state index in [9.17, 15) is 18.5 Å². The average molecular weight is 738 g/mol. The van der Waals surface area contributed by atoms with Crippen molar-refractivity contribution in [3.05, 3.63) is 58.7 Å². The van der Waals surface area contributed by atoms with E-state index in [0.717, 1.165) is 28.1 Å². The first-order valence-corrected chi connectivity index (χ1v) is 26.6. The summed E-state index contributed by atoms with van der Waals surface area (Å²) in [5.74, 6) is 0.346. The molecule has 1 aromatic carbocycles. The number of benzene rings is 1. The van der Waals surface area contributed by atoms with Crippen LogP contribution in [0.2, 0.25) is 51.4 Å². The second-order valence-electron chi connectivity index (χ2n) is 17.1. The number of carbonyl (C=O) groups is 1. The molecule has 4 aromatic rings. The van der Waals surface area contributed by atoms with E-state index in [1.165, 1.54) is 10.8 Å². The first kappa shape index (κ1) is 39.5. The third kappa shape index (κ3) is 9.12. The van der Waals surface area contributed by atoms with Gasteiger partial charge >= 0.3 is 6.09 Å². The van der Waals surface area contributed by atoms with E-state index in [2.05, 4.69) is 63.3 Å². The minimum atomic E-state index is -3.64. The van der Waals surface area contributed by atoms with E-state index in [4.69, 9.17) is 14.5 Å². The van der Waals surface area contributed by atoms with E-state index < -0.39 is 43.1 Å². The van der Waals surface area contributed by atoms with Gasteiger partial charge in [0.25, 0.3) is 0 Å². The molecule has 0 fully saturated rings. The van der Waals surface area contributed by atoms with E-state index in [1.54, 1.807) is 12.3 Å². The molecule has 0 bridgehead atoms. The number of fused-ring (bicyclic) bond motifs is 2. The summed E-state index contributed by atoms with van der Waals surface area (Å²) in [6.45, 7) is 25.5. The van der Waals surface area contributed by atoms with Gasteiger partial charge in [0.2, 0.25) is 0 Å². The Hall–Kier alpha value is -3.32. The Balaban J connectivity index is 2.07. The van der Waals surface area contributed by atoms with Crippen LogP contribution in [0.5, 0.6) is 0 Å². The molecular weight excluding hydrogens is 683 g/mol. The van der Waals surface area contributed by atoms with Crippen LogP contribution in [0.3, 0.4) is 0 Å². The van der Waals surface area contributed by atoms with Crippen molar-refractivity contribution in [2.24, 2.45) is 0 Å². The number of aromatic nitrogens is 4. The summed E-state index contributed by atoms with van der Waals surface area (Å²) < 4.78 is 44.1. The van der Waals surface area contributed by atoms with Crippen LogP contribution in [0.25, 0.3) is 22.1 Å². The minimum absolute atomic E-state index is 0.0669. The van der Waals surface area contributed by atoms with Gasteiger partial charge in [-0.15, -0.1) is 0 Å². The van der Waals surface area contributed by atoms with E-state index in [1.807, 2.05) is 45.3 Å². The third-order valence-corrected chi connectivity index (χ3v) is 14.5. The molecule has 3 aromatic heterocycles. The summed E-state index contributed by atoms with van der Waals surface area (Å²) in [4.78, 5) is 23.3. The Morgan fingerprint density at radius 2 is 1.70 bits per heavy atom. The Morgan fingerprint density at radius 1 is 1.04 bits per heavy atom. The molecular formula is C37H55N5O5SSi2. The molecule has 0 amide bonds. The number of carbonyl (C=O) groups excluding carboxylic acids is 1. The second kappa shape index (κ2) is 14.4. The highest BCUT2D eigenvalue weighted by Gasteiger charge is 2.43. The van der Waals surface area contributed by atoms with Crippen molar-refractivity contribution >= 4 is 54.1 Å². The van der Waals surface area contributed by atoms with Gasteiger partial charge < -0.3 is 9.47 Å². The van der Waals surface area contributed by atoms with Crippen molar-refractivity contribution in [1.82, 2.24) is 19.1 Å². The highest BCUT2D eigenvalue weighted by Crippen LogP contribution is 2.43. The number of rotatable bonds is 13. The van der Waals surface area contributed by atoms with Gasteiger partial charge in [0.05, 0.1) is 22.2 Å². The van der Waals surface area contributed by atoms with Crippen molar-refractivity contribution in [3.63, 3.8) is 0 Å². The maximum Gasteiger partial charge on any atom is 0.418 e. The van der Waals surface area contributed by atoms with Gasteiger partial charge in [-0.3, -0.25) is 9.13 Å². The SMILES string of the molecule is CCc1cc(C)c2c(ccn2C(=O)OC(C)(C)C)c1C(C)(CS(=O)(=O)CC[Si](C)(C)C)c1nc2cc(C#N)cnc2n1COCC[Si](C)(C)C. The third-order valence-electron chi connectivity index (χ3n) is 8.86. The van der Waals surface area contributed by atoms with Gasteiger partial charge in [-0.25, -0.2) is 23.2 Å². The summed E-state index contributed by atoms with van der Waals surface area (Å²) in [5.41, 5.74) is 2.76. The monoisotopic (exact) mass is 737 g/mol. The van der Waals surface area contributed by atoms with Crippen LogP contribution in [0.15, 0.2) is 30.6 Å². The summed E-state index contributed by atoms with van der Waals surface area (Å²) >= 11 is 0. The van der Waals surface area contributed by atoms with Gasteiger partial charge in [0, 0.05) is 46.3 Å². The van der Waals surface area contributed by atoms with Crippen LogP contribution in [-0.4, -0.2) is 73.5 Å². The molecule has 13 heteroatoms. The first-order chi connectivity index (χ1) is 23.0. The quantitative estimate of drug-likeness (QED) is 0.0991. The number of ether oxygens (including phenoxy) is 2. The molecule has 10 nitrogen and oxygen atoms in total. The normalized spacial score (nSPS) is 14.2. The average Bonchev–Trinajstić information content (AvgIpc) is 3.59. The molecule has 0 aliphatic rings. The van der Waals surface area contributed by atoms with Gasteiger partial charge in [0.15, 0.2) is 15.5 Å². The standard InChI is InChI=1S/C37H55N5O5SSi2/c1-13-28-20-26(2)32-29(14-15-41(32)35(43)47-36(3,4)5)31(28)37(6,24-48(44,45)17-19-50(10,11)12)34-40-30-21-27(22-38)23-39-33(30)42(34)25-46-16-18-49(7,8)9/h14-15,20-21,23H,13,16-19,24-25H2,1-12H3. The second-order valence-corrected chi connectivity index (χ2v) is 30.6. The van der Waals surface area contributed by atoms with Crippen LogP contribution in [0.4, 0.5) is 4.79 Å². The molecule has 0 spiro atoms. The number of imidazole rings is 1. The van der Waals surface area contributed by atoms with E-state index in [0.29, 0.717) is 47.1 Å². The van der Waals surface area contributed by atoms with Crippen molar-refractivity contribution < 1.29 is 22.7 Å². The first-order valence-electron chi connectivity index (χ1n) is 17.4. The number of nitriles is 1. The Morgan fingerprint density at radius 3 is 2.28 bits per heavy atom. The molecule has 4 rings (SSSR count). The number of hydrogen-bond acceptors (Lipinski definition) is 8. The summed E-state index contributed by atoms with van der Waals surface area (Å²) in [6, 6.07) is 9.37. The lowest BCUT2D eigenvalue weighted by molar-refractivity contribution is 0.0544. The van der Waals surface area contributed by atoms with Gasteiger partial charge in [-0.05, 0) is 82.0 Å². The number of sulfone groups is 1. The fraction of sp³-hybridized carbons (Fsp3) is 0.568. The van der Waals surface area contributed by atoms with Crippen LogP contribution in [-0.2, 0) is 37.9 Å². The number of aryl methyl sites for hydroxylation is 2. The molecule has 0 saturated heterocycles. The van der Waals surface area contributed by atoms with Crippen LogP contribution in [0, 0.1) is 18.3 Å². The lowest BCUT2D eigenvalue weighted by atomic mass is 9.77. The predicted molar refractivity (Wildman–Crippen MR) is 207 cm³/mol. The van der Waals surface area contributed by atoms with E-state index >= 15 is 0 Å². The zero-order valence-electron chi connectivity index (χ0n) is 32.0. The molecule has 1 unspecified atom stereocenters. The van der Waals surface area contributed by atoms with Gasteiger partial charge in [-0.2, -0.15) is 5.26 Å². The summed E-state index contributed by atoms with van der Waals surface area (Å²) in [7, 11) is -6.73. The molecule has 0 aliphatic carbocycles. The van der Waals surface area contributed by atoms with Crippen molar-refractivity contribution in [3.8, 4) is 6.07 Å². The fourth-order valence-corrected chi connectivity index (χ4v) is 12.1. The highest BCUT2D eigenvalue weighted by atomic mass is 32.2. The fourth-order valence-electron chi connectivity index (χ4n) is 6.38. The molecule has 272 valence electrons. The molecule has 0 radical (unpaired) electrons. The zero-order chi connectivity index (χ0) is 37.4. The van der Waals surface area contributed by atoms with Crippen molar-refractivity contribution in [1.29, 1.82) is 5.26 Å². The Labute approximate surface area is 300 Å². The Bertz CT molecular complexity index is 2040. The molecule has 1 atom stereocenters. The lowest BCUT2D eigenvalue weighted by Gasteiger charge is -2.33. The van der Waals surface area contributed by atoms with Crippen LogP contribution >= 0.6 is 0 Å². The topological polar surface area (TPSA) is 129 Å². The maximum atomic E-state index is 14.3. The highest BCUT2D eigenvalue weighted by molar-refractivity contribution is 7.91. The maximum absolute atomic E-state index is 14.3. The lowest BCUT2D eigenvalue weighted by Crippen LogP contribution is -2.39. The molecule has 0 aliphatic heterocycles. The summed E-state index contributed by atoms with van der Waals surface area (Å²) in [6.07, 6.45) is 3.33. The number of pyridine rings is 1. The van der Waals surface area contributed by atoms with Crippen molar-refractivity contribution in [2.75, 3.05) is 18.1 Å². The largest absolute Gasteiger partial charge is 0.443 e. The van der Waals surface area contributed by atoms with Crippen LogP contribution in [0.1, 0.15) is 62.7 Å². The van der Waals surface area contributed by atoms with Crippen LogP contribution < -0.4 is 0 Å². The predicted octanol–water partition coefficient (Wildman–Crippen LogP) is 8.28. The number of nitrogens with zero attached hydrogens (tertiary/aromatic N) is 5.